The number of nitro benzene ring substituents is 2. The standard InChI is InChI=1S/C18H15N3O4S/c1-11(2)14-6-3-12(9-16(14)21(24)25)4-8-18-19-15-10-13(20(22)23)5-7-17(15)26-18/h3-11H,1-2H3/b8-4+. The minimum Gasteiger partial charge on any atom is -0.258 e. The molecule has 7 nitrogen and oxygen atoms in total. The third kappa shape index (κ3) is 3.60. The number of nitro groups is 2. The van der Waals surface area contributed by atoms with E-state index in [4.69, 9.17) is 0 Å². The lowest BCUT2D eigenvalue weighted by molar-refractivity contribution is -0.385. The number of aromatic nitrogens is 1. The number of nitrogens with zero attached hydrogens (tertiary/aromatic N) is 3. The maximum atomic E-state index is 11.3. The number of non-ortho nitro benzene ring substituents is 1. The molecule has 0 radical (unpaired) electrons. The fourth-order valence-corrected chi connectivity index (χ4v) is 3.45. The molecule has 8 heteroatoms. The van der Waals surface area contributed by atoms with Gasteiger partial charge in [0.2, 0.25) is 0 Å². The molecule has 0 fully saturated rings. The fraction of sp³-hybridized carbons (Fsp3) is 0.167. The molecular formula is C18H15N3O4S. The number of fused-ring (bicyclic) bond motifs is 1. The first-order valence-electron chi connectivity index (χ1n) is 7.86. The molecule has 0 spiro atoms. The van der Waals surface area contributed by atoms with Crippen LogP contribution >= 0.6 is 11.3 Å². The van der Waals surface area contributed by atoms with Crippen LogP contribution in [0.3, 0.4) is 0 Å². The molecule has 0 aliphatic heterocycles. The molecule has 0 saturated heterocycles. The van der Waals surface area contributed by atoms with Gasteiger partial charge in [0.1, 0.15) is 5.01 Å². The van der Waals surface area contributed by atoms with E-state index in [0.29, 0.717) is 21.7 Å². The van der Waals surface area contributed by atoms with Crippen molar-refractivity contribution in [3.8, 4) is 0 Å². The topological polar surface area (TPSA) is 99.2 Å². The number of rotatable bonds is 5. The zero-order valence-electron chi connectivity index (χ0n) is 14.1. The number of hydrogen-bond acceptors (Lipinski definition) is 6. The van der Waals surface area contributed by atoms with E-state index in [2.05, 4.69) is 4.98 Å². The van der Waals surface area contributed by atoms with Gasteiger partial charge >= 0.3 is 0 Å². The molecule has 0 saturated carbocycles. The van der Waals surface area contributed by atoms with Crippen molar-refractivity contribution in [3.05, 3.63) is 72.8 Å². The van der Waals surface area contributed by atoms with Gasteiger partial charge in [-0.1, -0.05) is 32.1 Å². The van der Waals surface area contributed by atoms with E-state index in [0.717, 1.165) is 4.70 Å². The van der Waals surface area contributed by atoms with Gasteiger partial charge in [0, 0.05) is 23.8 Å². The van der Waals surface area contributed by atoms with Gasteiger partial charge in [-0.3, -0.25) is 20.2 Å². The Morgan fingerprint density at radius 3 is 2.46 bits per heavy atom. The lowest BCUT2D eigenvalue weighted by Crippen LogP contribution is -1.97. The average Bonchev–Trinajstić information content (AvgIpc) is 3.01. The predicted molar refractivity (Wildman–Crippen MR) is 102 cm³/mol. The second-order valence-corrected chi connectivity index (χ2v) is 7.09. The monoisotopic (exact) mass is 369 g/mol. The third-order valence-corrected chi connectivity index (χ3v) is 4.89. The predicted octanol–water partition coefficient (Wildman–Crippen LogP) is 5.41. The molecule has 0 atom stereocenters. The van der Waals surface area contributed by atoms with Crippen LogP contribution in [-0.2, 0) is 0 Å². The van der Waals surface area contributed by atoms with Crippen LogP contribution in [0.15, 0.2) is 36.4 Å². The van der Waals surface area contributed by atoms with Gasteiger partial charge in [-0.2, -0.15) is 0 Å². The van der Waals surface area contributed by atoms with Crippen LogP contribution in [0.5, 0.6) is 0 Å². The highest BCUT2D eigenvalue weighted by molar-refractivity contribution is 7.19. The Morgan fingerprint density at radius 2 is 1.81 bits per heavy atom. The minimum atomic E-state index is -0.455. The summed E-state index contributed by atoms with van der Waals surface area (Å²) < 4.78 is 0.844. The third-order valence-electron chi connectivity index (χ3n) is 3.89. The zero-order valence-corrected chi connectivity index (χ0v) is 14.9. The van der Waals surface area contributed by atoms with E-state index in [1.807, 2.05) is 19.9 Å². The van der Waals surface area contributed by atoms with Crippen molar-refractivity contribution in [2.45, 2.75) is 19.8 Å². The lowest BCUT2D eigenvalue weighted by atomic mass is 9.99. The number of thiazole rings is 1. The van der Waals surface area contributed by atoms with Crippen molar-refractivity contribution in [1.29, 1.82) is 0 Å². The van der Waals surface area contributed by atoms with Crippen LogP contribution in [0.4, 0.5) is 11.4 Å². The minimum absolute atomic E-state index is 0.00164. The number of hydrogen-bond donors (Lipinski definition) is 0. The summed E-state index contributed by atoms with van der Waals surface area (Å²) in [6.07, 6.45) is 3.51. The van der Waals surface area contributed by atoms with Crippen molar-refractivity contribution in [2.75, 3.05) is 0 Å². The Bertz CT molecular complexity index is 1040. The fourth-order valence-electron chi connectivity index (χ4n) is 2.60. The molecule has 1 aromatic heterocycles. The molecule has 3 rings (SSSR count). The number of benzene rings is 2. The molecule has 0 amide bonds. The van der Waals surface area contributed by atoms with E-state index in [9.17, 15) is 20.2 Å². The smallest absolute Gasteiger partial charge is 0.258 e. The van der Waals surface area contributed by atoms with Gasteiger partial charge in [0.05, 0.1) is 20.1 Å². The Labute approximate surface area is 152 Å². The van der Waals surface area contributed by atoms with Crippen LogP contribution in [0, 0.1) is 20.2 Å². The summed E-state index contributed by atoms with van der Waals surface area (Å²) in [4.78, 5) is 25.7. The van der Waals surface area contributed by atoms with Crippen molar-refractivity contribution in [2.24, 2.45) is 0 Å². The molecule has 0 unspecified atom stereocenters. The van der Waals surface area contributed by atoms with Crippen LogP contribution in [0.25, 0.3) is 22.4 Å². The molecule has 0 aliphatic carbocycles. The van der Waals surface area contributed by atoms with Crippen molar-refractivity contribution in [3.63, 3.8) is 0 Å². The molecule has 2 aromatic carbocycles. The Kier molecular flexibility index (Phi) is 4.77. The summed E-state index contributed by atoms with van der Waals surface area (Å²) >= 11 is 1.40. The summed E-state index contributed by atoms with van der Waals surface area (Å²) in [5.74, 6) is 0.0634. The molecule has 0 N–H and O–H groups in total. The van der Waals surface area contributed by atoms with E-state index >= 15 is 0 Å². The molecule has 132 valence electrons. The SMILES string of the molecule is CC(C)c1ccc(/C=C/c2nc3cc([N+](=O)[O-])ccc3s2)cc1[N+](=O)[O-]. The highest BCUT2D eigenvalue weighted by atomic mass is 32.1. The zero-order chi connectivity index (χ0) is 18.8. The second-order valence-electron chi connectivity index (χ2n) is 6.02. The van der Waals surface area contributed by atoms with Crippen LogP contribution in [0.1, 0.15) is 35.9 Å². The average molecular weight is 369 g/mol. The normalized spacial score (nSPS) is 11.5. The summed E-state index contributed by atoms with van der Waals surface area (Å²) in [6.45, 7) is 3.83. The Balaban J connectivity index is 1.92. The Morgan fingerprint density at radius 1 is 1.04 bits per heavy atom. The van der Waals surface area contributed by atoms with Gasteiger partial charge in [-0.25, -0.2) is 4.98 Å². The molecular weight excluding hydrogens is 354 g/mol. The summed E-state index contributed by atoms with van der Waals surface area (Å²) in [6, 6.07) is 9.70. The van der Waals surface area contributed by atoms with Crippen molar-refractivity contribution >= 4 is 45.1 Å². The second kappa shape index (κ2) is 7.01. The first kappa shape index (κ1) is 17.7. The summed E-state index contributed by atoms with van der Waals surface area (Å²) in [5, 5.41) is 22.8. The molecule has 1 heterocycles. The van der Waals surface area contributed by atoms with E-state index < -0.39 is 4.92 Å². The first-order chi connectivity index (χ1) is 12.3. The van der Waals surface area contributed by atoms with E-state index in [1.165, 1.54) is 23.5 Å². The Hall–Kier alpha value is -3.13. The van der Waals surface area contributed by atoms with E-state index in [1.54, 1.807) is 30.4 Å². The summed E-state index contributed by atoms with van der Waals surface area (Å²) in [5.41, 5.74) is 2.05. The first-order valence-corrected chi connectivity index (χ1v) is 8.68. The summed E-state index contributed by atoms with van der Waals surface area (Å²) in [7, 11) is 0. The van der Waals surface area contributed by atoms with E-state index in [-0.39, 0.29) is 22.2 Å². The maximum absolute atomic E-state index is 11.3. The highest BCUT2D eigenvalue weighted by Crippen LogP contribution is 2.29. The van der Waals surface area contributed by atoms with Gasteiger partial charge < -0.3 is 0 Å². The molecule has 3 aromatic rings. The lowest BCUT2D eigenvalue weighted by Gasteiger charge is -2.06. The highest BCUT2D eigenvalue weighted by Gasteiger charge is 2.16. The quantitative estimate of drug-likeness (QED) is 0.442. The van der Waals surface area contributed by atoms with Crippen molar-refractivity contribution in [1.82, 2.24) is 4.98 Å². The molecule has 0 aliphatic rings. The van der Waals surface area contributed by atoms with Gasteiger partial charge in [0.25, 0.3) is 11.4 Å². The van der Waals surface area contributed by atoms with Crippen LogP contribution in [-0.4, -0.2) is 14.8 Å². The van der Waals surface area contributed by atoms with Gasteiger partial charge in [-0.05, 0) is 23.6 Å². The van der Waals surface area contributed by atoms with Crippen LogP contribution in [0.2, 0.25) is 0 Å². The molecule has 0 bridgehead atoms. The van der Waals surface area contributed by atoms with Crippen molar-refractivity contribution < 1.29 is 9.85 Å². The van der Waals surface area contributed by atoms with Gasteiger partial charge in [0.15, 0.2) is 0 Å². The van der Waals surface area contributed by atoms with Gasteiger partial charge in [-0.15, -0.1) is 11.3 Å². The largest absolute Gasteiger partial charge is 0.273 e. The van der Waals surface area contributed by atoms with Crippen LogP contribution < -0.4 is 0 Å². The molecule has 26 heavy (non-hydrogen) atoms. The maximum Gasteiger partial charge on any atom is 0.273 e.